The van der Waals surface area contributed by atoms with E-state index in [0.29, 0.717) is 23.6 Å². The molecule has 0 unspecified atom stereocenters. The van der Waals surface area contributed by atoms with Gasteiger partial charge >= 0.3 is 0 Å². The molecule has 2 rings (SSSR count). The molecule has 98 valence electrons. The van der Waals surface area contributed by atoms with Gasteiger partial charge in [-0.2, -0.15) is 0 Å². The van der Waals surface area contributed by atoms with Crippen molar-refractivity contribution in [3.05, 3.63) is 68.7 Å². The average molecular weight is 339 g/mol. The largest absolute Gasteiger partial charge is 0.326 e. The van der Waals surface area contributed by atoms with E-state index < -0.39 is 0 Å². The SMILES string of the molecule is NCc1ccc(C(=O)Cc2ccc(Br)cc2Cl)cc1. The molecule has 0 radical (unpaired) electrons. The van der Waals surface area contributed by atoms with Crippen molar-refractivity contribution in [1.29, 1.82) is 0 Å². The zero-order valence-corrected chi connectivity index (χ0v) is 12.5. The number of carbonyl (C=O) groups excluding carboxylic acids is 1. The van der Waals surface area contributed by atoms with E-state index in [1.165, 1.54) is 0 Å². The number of hydrogen-bond acceptors (Lipinski definition) is 2. The van der Waals surface area contributed by atoms with Crippen LogP contribution >= 0.6 is 27.5 Å². The van der Waals surface area contributed by atoms with Crippen LogP contribution in [0, 0.1) is 0 Å². The van der Waals surface area contributed by atoms with Gasteiger partial charge in [-0.25, -0.2) is 0 Å². The number of benzene rings is 2. The Balaban J connectivity index is 2.15. The highest BCUT2D eigenvalue weighted by atomic mass is 79.9. The summed E-state index contributed by atoms with van der Waals surface area (Å²) in [6, 6.07) is 12.9. The monoisotopic (exact) mass is 337 g/mol. The van der Waals surface area contributed by atoms with E-state index >= 15 is 0 Å². The van der Waals surface area contributed by atoms with Crippen LogP contribution in [0.15, 0.2) is 46.9 Å². The minimum absolute atomic E-state index is 0.0489. The van der Waals surface area contributed by atoms with Crippen LogP contribution in [0.5, 0.6) is 0 Å². The summed E-state index contributed by atoms with van der Waals surface area (Å²) in [5.41, 5.74) is 8.05. The standard InChI is InChI=1S/C15H13BrClNO/c16-13-6-5-12(14(17)8-13)7-15(19)11-3-1-10(9-18)2-4-11/h1-6,8H,7,9,18H2. The highest BCUT2D eigenvalue weighted by Gasteiger charge is 2.09. The van der Waals surface area contributed by atoms with Crippen molar-refractivity contribution in [2.75, 3.05) is 0 Å². The quantitative estimate of drug-likeness (QED) is 0.857. The van der Waals surface area contributed by atoms with E-state index in [2.05, 4.69) is 15.9 Å². The molecule has 0 aliphatic rings. The number of hydrogen-bond donors (Lipinski definition) is 1. The third kappa shape index (κ3) is 3.66. The fourth-order valence-electron chi connectivity index (χ4n) is 1.77. The molecule has 2 nitrogen and oxygen atoms in total. The lowest BCUT2D eigenvalue weighted by atomic mass is 10.0. The van der Waals surface area contributed by atoms with Gasteiger partial charge in [-0.15, -0.1) is 0 Å². The molecule has 0 heterocycles. The fraction of sp³-hybridized carbons (Fsp3) is 0.133. The Hall–Kier alpha value is -1.16. The van der Waals surface area contributed by atoms with E-state index in [-0.39, 0.29) is 5.78 Å². The molecule has 0 amide bonds. The summed E-state index contributed by atoms with van der Waals surface area (Å²) in [4.78, 5) is 12.1. The van der Waals surface area contributed by atoms with Crippen molar-refractivity contribution in [3.8, 4) is 0 Å². The third-order valence-electron chi connectivity index (χ3n) is 2.88. The summed E-state index contributed by atoms with van der Waals surface area (Å²) in [6.07, 6.45) is 0.300. The number of Topliss-reactive ketones (excluding diaryl/α,β-unsaturated/α-hetero) is 1. The summed E-state index contributed by atoms with van der Waals surface area (Å²) in [5.74, 6) is 0.0489. The Labute approximate surface area is 125 Å². The minimum atomic E-state index is 0.0489. The van der Waals surface area contributed by atoms with E-state index in [9.17, 15) is 4.79 Å². The van der Waals surface area contributed by atoms with Crippen molar-refractivity contribution in [2.45, 2.75) is 13.0 Å². The Morgan fingerprint density at radius 1 is 1.16 bits per heavy atom. The summed E-state index contributed by atoms with van der Waals surface area (Å²) in [7, 11) is 0. The smallest absolute Gasteiger partial charge is 0.167 e. The first kappa shape index (κ1) is 14.3. The molecule has 0 fully saturated rings. The highest BCUT2D eigenvalue weighted by Crippen LogP contribution is 2.22. The van der Waals surface area contributed by atoms with Crippen molar-refractivity contribution >= 4 is 33.3 Å². The lowest BCUT2D eigenvalue weighted by Crippen LogP contribution is -2.05. The van der Waals surface area contributed by atoms with Crippen LogP contribution in [0.4, 0.5) is 0 Å². The van der Waals surface area contributed by atoms with Gasteiger partial charge in [0.25, 0.3) is 0 Å². The van der Waals surface area contributed by atoms with Gasteiger partial charge in [-0.1, -0.05) is 57.9 Å². The average Bonchev–Trinajstić information content (AvgIpc) is 2.42. The van der Waals surface area contributed by atoms with Gasteiger partial charge in [-0.3, -0.25) is 4.79 Å². The molecule has 4 heteroatoms. The molecule has 2 aromatic rings. The minimum Gasteiger partial charge on any atom is -0.326 e. The molecule has 0 aliphatic heterocycles. The fourth-order valence-corrected chi connectivity index (χ4v) is 2.51. The number of halogens is 2. The molecule has 2 N–H and O–H groups in total. The number of nitrogens with two attached hydrogens (primary N) is 1. The van der Waals surface area contributed by atoms with E-state index in [1.807, 2.05) is 24.3 Å². The predicted molar refractivity (Wildman–Crippen MR) is 81.5 cm³/mol. The molecule has 0 atom stereocenters. The Morgan fingerprint density at radius 3 is 2.42 bits per heavy atom. The summed E-state index contributed by atoms with van der Waals surface area (Å²) >= 11 is 9.45. The van der Waals surface area contributed by atoms with Crippen molar-refractivity contribution < 1.29 is 4.79 Å². The van der Waals surface area contributed by atoms with Gasteiger partial charge in [0.15, 0.2) is 5.78 Å². The third-order valence-corrected chi connectivity index (χ3v) is 3.72. The molecular formula is C15H13BrClNO. The Kier molecular flexibility index (Phi) is 4.75. The maximum atomic E-state index is 12.1. The van der Waals surface area contributed by atoms with Crippen LogP contribution in [-0.4, -0.2) is 5.78 Å². The molecule has 2 aromatic carbocycles. The van der Waals surface area contributed by atoms with Gasteiger partial charge in [-0.05, 0) is 23.3 Å². The van der Waals surface area contributed by atoms with Crippen LogP contribution in [0.1, 0.15) is 21.5 Å². The lowest BCUT2D eigenvalue weighted by Gasteiger charge is -2.05. The zero-order chi connectivity index (χ0) is 13.8. The second-order valence-corrected chi connectivity index (χ2v) is 5.56. The number of rotatable bonds is 4. The second-order valence-electron chi connectivity index (χ2n) is 4.24. The molecule has 0 spiro atoms. The Morgan fingerprint density at radius 2 is 1.84 bits per heavy atom. The van der Waals surface area contributed by atoms with Crippen molar-refractivity contribution in [1.82, 2.24) is 0 Å². The maximum Gasteiger partial charge on any atom is 0.167 e. The Bertz CT molecular complexity index is 596. The molecule has 19 heavy (non-hydrogen) atoms. The normalized spacial score (nSPS) is 10.5. The first-order valence-corrected chi connectivity index (χ1v) is 7.03. The summed E-state index contributed by atoms with van der Waals surface area (Å²) < 4.78 is 0.904. The molecular weight excluding hydrogens is 326 g/mol. The number of ketones is 1. The second kappa shape index (κ2) is 6.33. The van der Waals surface area contributed by atoms with Crippen molar-refractivity contribution in [2.24, 2.45) is 5.73 Å². The van der Waals surface area contributed by atoms with Crippen molar-refractivity contribution in [3.63, 3.8) is 0 Å². The first-order chi connectivity index (χ1) is 9.10. The highest BCUT2D eigenvalue weighted by molar-refractivity contribution is 9.10. The van der Waals surface area contributed by atoms with Crippen LogP contribution in [0.25, 0.3) is 0 Å². The summed E-state index contributed by atoms with van der Waals surface area (Å²) in [5, 5.41) is 0.598. The van der Waals surface area contributed by atoms with Gasteiger partial charge in [0.2, 0.25) is 0 Å². The van der Waals surface area contributed by atoms with Gasteiger partial charge in [0.05, 0.1) is 0 Å². The van der Waals surface area contributed by atoms with Gasteiger partial charge in [0.1, 0.15) is 0 Å². The molecule has 0 saturated heterocycles. The summed E-state index contributed by atoms with van der Waals surface area (Å²) in [6.45, 7) is 0.479. The molecule has 0 aliphatic carbocycles. The molecule has 0 saturated carbocycles. The number of carbonyl (C=O) groups is 1. The van der Waals surface area contributed by atoms with E-state index in [4.69, 9.17) is 17.3 Å². The van der Waals surface area contributed by atoms with Gasteiger partial charge in [0, 0.05) is 28.0 Å². The topological polar surface area (TPSA) is 43.1 Å². The van der Waals surface area contributed by atoms with E-state index in [0.717, 1.165) is 15.6 Å². The first-order valence-electron chi connectivity index (χ1n) is 5.86. The maximum absolute atomic E-state index is 12.1. The van der Waals surface area contributed by atoms with Crippen LogP contribution < -0.4 is 5.73 Å². The lowest BCUT2D eigenvalue weighted by molar-refractivity contribution is 0.0993. The van der Waals surface area contributed by atoms with Crippen LogP contribution in [-0.2, 0) is 13.0 Å². The van der Waals surface area contributed by atoms with Gasteiger partial charge < -0.3 is 5.73 Å². The zero-order valence-electron chi connectivity index (χ0n) is 10.2. The van der Waals surface area contributed by atoms with Crippen LogP contribution in [0.3, 0.4) is 0 Å². The van der Waals surface area contributed by atoms with E-state index in [1.54, 1.807) is 18.2 Å². The molecule has 0 bridgehead atoms. The predicted octanol–water partition coefficient (Wildman–Crippen LogP) is 3.99. The van der Waals surface area contributed by atoms with Crippen LogP contribution in [0.2, 0.25) is 5.02 Å². The molecule has 0 aromatic heterocycles.